The van der Waals surface area contributed by atoms with Crippen molar-refractivity contribution >= 4 is 11.8 Å². The Morgan fingerprint density at radius 1 is 0.500 bits per heavy atom. The minimum absolute atomic E-state index is 0.0548. The lowest BCUT2D eigenvalue weighted by Crippen LogP contribution is -2.49. The molecule has 0 heterocycles. The van der Waals surface area contributed by atoms with Gasteiger partial charge in [-0.1, -0.05) is 152 Å². The molecule has 0 aliphatic carbocycles. The predicted molar refractivity (Wildman–Crippen MR) is 172 cm³/mol. The summed E-state index contributed by atoms with van der Waals surface area (Å²) in [7, 11) is 0. The molecule has 0 saturated carbocycles. The molecular formula is C39H37NO4. The molecule has 0 aromatic heterocycles. The van der Waals surface area contributed by atoms with Crippen LogP contribution in [0, 0.1) is 0 Å². The highest BCUT2D eigenvalue weighted by molar-refractivity contribution is 6.04. The summed E-state index contributed by atoms with van der Waals surface area (Å²) < 4.78 is 11.9. The number of benzene rings is 5. The number of Topliss-reactive ketones (excluding diaryl/α,β-unsaturated/α-hetero) is 1. The van der Waals surface area contributed by atoms with Crippen LogP contribution in [-0.4, -0.2) is 28.8 Å². The maximum Gasteiger partial charge on any atom is 0.343 e. The van der Waals surface area contributed by atoms with Crippen molar-refractivity contribution in [1.82, 2.24) is 4.90 Å². The predicted octanol–water partition coefficient (Wildman–Crippen LogP) is 7.20. The quantitative estimate of drug-likeness (QED) is 0.0964. The van der Waals surface area contributed by atoms with Crippen LogP contribution in [0.3, 0.4) is 0 Å². The van der Waals surface area contributed by atoms with Crippen LogP contribution in [-0.2, 0) is 51.8 Å². The summed E-state index contributed by atoms with van der Waals surface area (Å²) in [5.41, 5.74) is 4.85. The number of hydrogen-bond acceptors (Lipinski definition) is 5. The van der Waals surface area contributed by atoms with Crippen LogP contribution in [0.2, 0.25) is 0 Å². The first kappa shape index (κ1) is 30.6. The molecule has 5 nitrogen and oxygen atoms in total. The van der Waals surface area contributed by atoms with Gasteiger partial charge in [0.1, 0.15) is 6.61 Å². The van der Waals surface area contributed by atoms with E-state index in [9.17, 15) is 9.59 Å². The molecule has 0 N–H and O–H groups in total. The molecule has 1 unspecified atom stereocenters. The van der Waals surface area contributed by atoms with Crippen molar-refractivity contribution in [3.63, 3.8) is 0 Å². The average molecular weight is 584 g/mol. The molecule has 0 radical (unpaired) electrons. The van der Waals surface area contributed by atoms with Gasteiger partial charge in [-0.3, -0.25) is 9.69 Å². The Morgan fingerprint density at radius 3 is 1.34 bits per heavy atom. The second kappa shape index (κ2) is 16.1. The SMILES string of the molecule is O=C(OCc1ccccc1)C(OCc1ccccc1)C(=O)[C@H](Cc1ccccc1)N(Cc1ccccc1)Cc1ccccc1. The van der Waals surface area contributed by atoms with Crippen LogP contribution >= 0.6 is 0 Å². The Kier molecular flexibility index (Phi) is 11.2. The van der Waals surface area contributed by atoms with Crippen molar-refractivity contribution in [2.24, 2.45) is 0 Å². The molecule has 0 aliphatic heterocycles. The maximum absolute atomic E-state index is 14.7. The molecule has 0 saturated heterocycles. The molecule has 5 rings (SSSR count). The number of carbonyl (C=O) groups excluding carboxylic acids is 2. The van der Waals surface area contributed by atoms with E-state index in [0.29, 0.717) is 19.5 Å². The van der Waals surface area contributed by atoms with Gasteiger partial charge in [-0.25, -0.2) is 4.79 Å². The zero-order valence-corrected chi connectivity index (χ0v) is 24.7. The highest BCUT2D eigenvalue weighted by atomic mass is 16.6. The van der Waals surface area contributed by atoms with E-state index in [0.717, 1.165) is 27.8 Å². The zero-order valence-electron chi connectivity index (χ0n) is 24.7. The fourth-order valence-electron chi connectivity index (χ4n) is 5.16. The van der Waals surface area contributed by atoms with E-state index >= 15 is 0 Å². The topological polar surface area (TPSA) is 55.8 Å². The number of ether oxygens (including phenoxy) is 2. The monoisotopic (exact) mass is 583 g/mol. The van der Waals surface area contributed by atoms with E-state index in [4.69, 9.17) is 9.47 Å². The third-order valence-corrected chi connectivity index (χ3v) is 7.45. The number of hydrogen-bond donors (Lipinski definition) is 0. The van der Waals surface area contributed by atoms with Gasteiger partial charge >= 0.3 is 5.97 Å². The summed E-state index contributed by atoms with van der Waals surface area (Å²) >= 11 is 0. The van der Waals surface area contributed by atoms with Crippen LogP contribution in [0.25, 0.3) is 0 Å². The largest absolute Gasteiger partial charge is 0.459 e. The first-order valence-electron chi connectivity index (χ1n) is 14.9. The van der Waals surface area contributed by atoms with Crippen LogP contribution in [0.4, 0.5) is 0 Å². The zero-order chi connectivity index (χ0) is 30.4. The Bertz CT molecular complexity index is 1520. The normalized spacial score (nSPS) is 12.4. The molecule has 0 fully saturated rings. The van der Waals surface area contributed by atoms with Crippen LogP contribution < -0.4 is 0 Å². The van der Waals surface area contributed by atoms with Crippen LogP contribution in [0.5, 0.6) is 0 Å². The molecule has 5 heteroatoms. The fourth-order valence-corrected chi connectivity index (χ4v) is 5.16. The lowest BCUT2D eigenvalue weighted by molar-refractivity contribution is -0.165. The molecule has 2 atom stereocenters. The lowest BCUT2D eigenvalue weighted by atomic mass is 9.96. The van der Waals surface area contributed by atoms with Crippen molar-refractivity contribution < 1.29 is 19.1 Å². The molecule has 5 aromatic carbocycles. The fraction of sp³-hybridized carbons (Fsp3) is 0.179. The van der Waals surface area contributed by atoms with E-state index in [1.165, 1.54) is 0 Å². The van der Waals surface area contributed by atoms with Crippen molar-refractivity contribution in [2.45, 2.75) is 44.9 Å². The number of ketones is 1. The summed E-state index contributed by atoms with van der Waals surface area (Å²) in [5, 5.41) is 0. The molecule has 222 valence electrons. The third kappa shape index (κ3) is 9.08. The van der Waals surface area contributed by atoms with Gasteiger partial charge in [0.25, 0.3) is 0 Å². The Morgan fingerprint density at radius 2 is 0.886 bits per heavy atom. The maximum atomic E-state index is 14.7. The minimum Gasteiger partial charge on any atom is -0.459 e. The minimum atomic E-state index is -1.40. The second-order valence-electron chi connectivity index (χ2n) is 10.8. The van der Waals surface area contributed by atoms with E-state index in [1.807, 2.05) is 127 Å². The summed E-state index contributed by atoms with van der Waals surface area (Å²) in [5.74, 6) is -1.01. The summed E-state index contributed by atoms with van der Waals surface area (Å²) in [6, 6.07) is 48.4. The molecule has 0 amide bonds. The molecule has 44 heavy (non-hydrogen) atoms. The first-order chi connectivity index (χ1) is 21.7. The molecule has 0 bridgehead atoms. The van der Waals surface area contributed by atoms with Crippen LogP contribution in [0.1, 0.15) is 27.8 Å². The van der Waals surface area contributed by atoms with Gasteiger partial charge in [0.15, 0.2) is 5.78 Å². The van der Waals surface area contributed by atoms with Crippen molar-refractivity contribution in [1.29, 1.82) is 0 Å². The van der Waals surface area contributed by atoms with E-state index < -0.39 is 18.1 Å². The van der Waals surface area contributed by atoms with Crippen LogP contribution in [0.15, 0.2) is 152 Å². The van der Waals surface area contributed by atoms with Gasteiger partial charge in [-0.15, -0.1) is 0 Å². The van der Waals surface area contributed by atoms with Crippen molar-refractivity contribution in [2.75, 3.05) is 0 Å². The first-order valence-corrected chi connectivity index (χ1v) is 14.9. The van der Waals surface area contributed by atoms with Crippen molar-refractivity contribution in [3.8, 4) is 0 Å². The smallest absolute Gasteiger partial charge is 0.343 e. The average Bonchev–Trinajstić information content (AvgIpc) is 3.08. The van der Waals surface area contributed by atoms with Gasteiger partial charge in [0, 0.05) is 13.1 Å². The molecule has 0 aliphatic rings. The Balaban J connectivity index is 1.48. The van der Waals surface area contributed by atoms with Gasteiger partial charge in [-0.2, -0.15) is 0 Å². The van der Waals surface area contributed by atoms with Gasteiger partial charge in [0.05, 0.1) is 12.6 Å². The number of rotatable bonds is 15. The van der Waals surface area contributed by atoms with Gasteiger partial charge < -0.3 is 9.47 Å². The molecule has 5 aromatic rings. The second-order valence-corrected chi connectivity index (χ2v) is 10.8. The lowest BCUT2D eigenvalue weighted by Gasteiger charge is -2.33. The van der Waals surface area contributed by atoms with Gasteiger partial charge in [0.2, 0.25) is 6.10 Å². The van der Waals surface area contributed by atoms with E-state index in [1.54, 1.807) is 0 Å². The van der Waals surface area contributed by atoms with Gasteiger partial charge in [-0.05, 0) is 34.2 Å². The summed E-state index contributed by atoms with van der Waals surface area (Å²) in [6.45, 7) is 1.19. The number of esters is 1. The third-order valence-electron chi connectivity index (χ3n) is 7.45. The number of carbonyl (C=O) groups is 2. The Hall–Kier alpha value is -4.84. The summed E-state index contributed by atoms with van der Waals surface area (Å²) in [6.07, 6.45) is -0.988. The molecular weight excluding hydrogens is 546 g/mol. The number of nitrogens with zero attached hydrogens (tertiary/aromatic N) is 1. The highest BCUT2D eigenvalue weighted by Crippen LogP contribution is 2.21. The standard InChI is InChI=1S/C39H37NO4/c41-37(38(43-29-34-22-12-4-13-23-34)39(42)44-30-35-24-14-5-15-25-35)36(26-31-16-6-1-7-17-31)40(27-32-18-8-2-9-19-32)28-33-20-10-3-11-21-33/h1-25,36,38H,26-30H2/t36-,38?/m0/s1. The summed E-state index contributed by atoms with van der Waals surface area (Å²) in [4.78, 5) is 30.5. The van der Waals surface area contributed by atoms with E-state index in [2.05, 4.69) is 29.2 Å². The Labute approximate surface area is 259 Å². The van der Waals surface area contributed by atoms with E-state index in [-0.39, 0.29) is 19.0 Å². The molecule has 0 spiro atoms. The van der Waals surface area contributed by atoms with Crippen molar-refractivity contribution in [3.05, 3.63) is 179 Å². The highest BCUT2D eigenvalue weighted by Gasteiger charge is 2.38.